The molecule has 0 fully saturated rings. The Morgan fingerprint density at radius 2 is 1.62 bits per heavy atom. The minimum atomic E-state index is -0.560. The van der Waals surface area contributed by atoms with E-state index >= 15 is 0 Å². The van der Waals surface area contributed by atoms with Gasteiger partial charge in [0.2, 0.25) is 0 Å². The van der Waals surface area contributed by atoms with E-state index in [0.29, 0.717) is 0 Å². The van der Waals surface area contributed by atoms with Gasteiger partial charge in [0.05, 0.1) is 5.41 Å². The molecule has 2 aromatic carbocycles. The molecule has 2 nitrogen and oxygen atoms in total. The molecule has 2 aliphatic rings. The summed E-state index contributed by atoms with van der Waals surface area (Å²) in [5, 5.41) is 0. The second-order valence-electron chi connectivity index (χ2n) is 7.74. The van der Waals surface area contributed by atoms with Crippen LogP contribution in [-0.2, 0) is 9.53 Å². The number of allylic oxidation sites excluding steroid dienone is 2. The summed E-state index contributed by atoms with van der Waals surface area (Å²) in [6.07, 6.45) is 5.19. The van der Waals surface area contributed by atoms with Gasteiger partial charge in [-0.2, -0.15) is 0 Å². The molecule has 4 rings (SSSR count). The van der Waals surface area contributed by atoms with Gasteiger partial charge in [-0.25, -0.2) is 0 Å². The summed E-state index contributed by atoms with van der Waals surface area (Å²) in [6, 6.07) is 20.6. The highest BCUT2D eigenvalue weighted by atomic mass is 16.5. The maximum atomic E-state index is 12.9. The Morgan fingerprint density at radius 1 is 0.962 bits per heavy atom. The smallest absolute Gasteiger partial charge is 0.317 e. The fraction of sp³-hybridized carbons (Fsp3) is 0.292. The number of esters is 1. The van der Waals surface area contributed by atoms with E-state index in [0.717, 1.165) is 36.2 Å². The van der Waals surface area contributed by atoms with Crippen molar-refractivity contribution in [2.45, 2.75) is 39.0 Å². The lowest BCUT2D eigenvalue weighted by Gasteiger charge is -2.42. The Balaban J connectivity index is 1.85. The van der Waals surface area contributed by atoms with Crippen molar-refractivity contribution in [3.8, 4) is 0 Å². The molecule has 26 heavy (non-hydrogen) atoms. The first-order valence-electron chi connectivity index (χ1n) is 9.33. The highest BCUT2D eigenvalue weighted by Crippen LogP contribution is 2.51. The van der Waals surface area contributed by atoms with E-state index in [1.807, 2.05) is 38.1 Å². The van der Waals surface area contributed by atoms with E-state index in [1.54, 1.807) is 0 Å². The third-order valence-electron chi connectivity index (χ3n) is 5.54. The number of benzene rings is 2. The van der Waals surface area contributed by atoms with Gasteiger partial charge in [-0.1, -0.05) is 60.7 Å². The van der Waals surface area contributed by atoms with Gasteiger partial charge in [0.25, 0.3) is 0 Å². The van der Waals surface area contributed by atoms with Crippen LogP contribution in [0, 0.1) is 5.41 Å². The van der Waals surface area contributed by atoms with Crippen LogP contribution < -0.4 is 0 Å². The molecule has 0 unspecified atom stereocenters. The van der Waals surface area contributed by atoms with Crippen LogP contribution in [0.4, 0.5) is 0 Å². The largest absolute Gasteiger partial charge is 0.426 e. The molecule has 132 valence electrons. The molecule has 0 bridgehead atoms. The zero-order valence-electron chi connectivity index (χ0n) is 15.4. The number of ether oxygens (including phenoxy) is 1. The molecule has 0 aromatic heterocycles. The summed E-state index contributed by atoms with van der Waals surface area (Å²) >= 11 is 0. The molecule has 0 radical (unpaired) electrons. The van der Waals surface area contributed by atoms with Crippen LogP contribution in [0.3, 0.4) is 0 Å². The SMILES string of the molecule is CC1(C)C(=O)OC2=C(CCC/C2=C\c2ccccc2)[C@@H]1c1ccccc1. The average Bonchev–Trinajstić information content (AvgIpc) is 2.65. The summed E-state index contributed by atoms with van der Waals surface area (Å²) in [6.45, 7) is 4.01. The number of carbonyl (C=O) groups is 1. The van der Waals surface area contributed by atoms with E-state index in [1.165, 1.54) is 11.1 Å². The Bertz CT molecular complexity index is 873. The maximum absolute atomic E-state index is 12.9. The topological polar surface area (TPSA) is 26.3 Å². The van der Waals surface area contributed by atoms with Crippen LogP contribution in [0.25, 0.3) is 6.08 Å². The Hall–Kier alpha value is -2.61. The average molecular weight is 344 g/mol. The Kier molecular flexibility index (Phi) is 4.28. The molecule has 0 N–H and O–H groups in total. The van der Waals surface area contributed by atoms with Gasteiger partial charge >= 0.3 is 5.97 Å². The number of carbonyl (C=O) groups excluding carboxylic acids is 1. The summed E-state index contributed by atoms with van der Waals surface area (Å²) in [5.41, 5.74) is 4.20. The molecule has 2 aromatic rings. The van der Waals surface area contributed by atoms with Gasteiger partial charge in [-0.3, -0.25) is 4.79 Å². The van der Waals surface area contributed by atoms with Crippen LogP contribution in [0.15, 0.2) is 77.6 Å². The van der Waals surface area contributed by atoms with Crippen molar-refractivity contribution >= 4 is 12.0 Å². The lowest BCUT2D eigenvalue weighted by atomic mass is 9.66. The highest BCUT2D eigenvalue weighted by Gasteiger charge is 2.47. The molecule has 1 aliphatic carbocycles. The minimum absolute atomic E-state index is 0.0689. The predicted molar refractivity (Wildman–Crippen MR) is 104 cm³/mol. The van der Waals surface area contributed by atoms with E-state index in [-0.39, 0.29) is 11.9 Å². The molecule has 0 spiro atoms. The molecular formula is C24H24O2. The zero-order valence-corrected chi connectivity index (χ0v) is 15.4. The Morgan fingerprint density at radius 3 is 2.31 bits per heavy atom. The van der Waals surface area contributed by atoms with Crippen molar-refractivity contribution in [2.24, 2.45) is 5.41 Å². The van der Waals surface area contributed by atoms with Gasteiger partial charge in [-0.05, 0) is 61.5 Å². The van der Waals surface area contributed by atoms with Gasteiger partial charge in [0, 0.05) is 5.92 Å². The number of hydrogen-bond acceptors (Lipinski definition) is 2. The maximum Gasteiger partial charge on any atom is 0.317 e. The molecule has 1 aliphatic heterocycles. The lowest BCUT2D eigenvalue weighted by Crippen LogP contribution is -2.39. The van der Waals surface area contributed by atoms with Crippen LogP contribution >= 0.6 is 0 Å². The van der Waals surface area contributed by atoms with E-state index in [9.17, 15) is 4.79 Å². The quantitative estimate of drug-likeness (QED) is 0.636. The zero-order chi connectivity index (χ0) is 18.1. The van der Waals surface area contributed by atoms with E-state index < -0.39 is 5.41 Å². The summed E-state index contributed by atoms with van der Waals surface area (Å²) in [4.78, 5) is 12.9. The number of rotatable bonds is 2. The van der Waals surface area contributed by atoms with Gasteiger partial charge in [0.15, 0.2) is 0 Å². The molecular weight excluding hydrogens is 320 g/mol. The molecule has 0 amide bonds. The standard InChI is InChI=1S/C24H24O2/c1-24(2)21(18-12-7-4-8-13-18)20-15-9-14-19(22(20)26-23(24)25)16-17-10-5-3-6-11-17/h3-8,10-13,16,21H,9,14-15H2,1-2H3/b19-16+/t21-/m0/s1. The molecule has 2 heteroatoms. The van der Waals surface area contributed by atoms with Crippen LogP contribution in [0.1, 0.15) is 50.2 Å². The second-order valence-corrected chi connectivity index (χ2v) is 7.74. The predicted octanol–water partition coefficient (Wildman–Crippen LogP) is 5.87. The summed E-state index contributed by atoms with van der Waals surface area (Å²) in [7, 11) is 0. The van der Waals surface area contributed by atoms with Crippen molar-refractivity contribution in [2.75, 3.05) is 0 Å². The van der Waals surface area contributed by atoms with Gasteiger partial charge < -0.3 is 4.74 Å². The first-order valence-corrected chi connectivity index (χ1v) is 9.33. The molecule has 1 heterocycles. The minimum Gasteiger partial charge on any atom is -0.426 e. The van der Waals surface area contributed by atoms with Gasteiger partial charge in [-0.15, -0.1) is 0 Å². The first kappa shape index (κ1) is 16.8. The fourth-order valence-electron chi connectivity index (χ4n) is 4.24. The van der Waals surface area contributed by atoms with Crippen LogP contribution in [0.5, 0.6) is 0 Å². The van der Waals surface area contributed by atoms with E-state index in [4.69, 9.17) is 4.74 Å². The van der Waals surface area contributed by atoms with Crippen molar-refractivity contribution in [1.82, 2.24) is 0 Å². The third kappa shape index (κ3) is 2.90. The van der Waals surface area contributed by atoms with E-state index in [2.05, 4.69) is 42.5 Å². The highest BCUT2D eigenvalue weighted by molar-refractivity contribution is 5.82. The van der Waals surface area contributed by atoms with Crippen LogP contribution in [-0.4, -0.2) is 5.97 Å². The fourth-order valence-corrected chi connectivity index (χ4v) is 4.24. The second kappa shape index (κ2) is 6.60. The molecule has 0 saturated heterocycles. The molecule has 1 atom stereocenters. The normalized spacial score (nSPS) is 23.5. The third-order valence-corrected chi connectivity index (χ3v) is 5.54. The molecule has 0 saturated carbocycles. The van der Waals surface area contributed by atoms with Crippen LogP contribution in [0.2, 0.25) is 0 Å². The monoisotopic (exact) mass is 344 g/mol. The van der Waals surface area contributed by atoms with Crippen molar-refractivity contribution in [1.29, 1.82) is 0 Å². The Labute approximate surface area is 155 Å². The number of hydrogen-bond donors (Lipinski definition) is 0. The summed E-state index contributed by atoms with van der Waals surface area (Å²) < 4.78 is 5.91. The summed E-state index contributed by atoms with van der Waals surface area (Å²) in [5.74, 6) is 0.753. The van der Waals surface area contributed by atoms with Crippen molar-refractivity contribution in [3.05, 3.63) is 88.7 Å². The van der Waals surface area contributed by atoms with Crippen molar-refractivity contribution in [3.63, 3.8) is 0 Å². The van der Waals surface area contributed by atoms with Gasteiger partial charge in [0.1, 0.15) is 5.76 Å². The van der Waals surface area contributed by atoms with Crippen molar-refractivity contribution < 1.29 is 9.53 Å². The first-order chi connectivity index (χ1) is 12.6. The lowest BCUT2D eigenvalue weighted by molar-refractivity contribution is -0.152.